The van der Waals surface area contributed by atoms with Gasteiger partial charge in [-0.1, -0.05) is 33.8 Å². The van der Waals surface area contributed by atoms with Crippen molar-refractivity contribution in [3.63, 3.8) is 0 Å². The van der Waals surface area contributed by atoms with Crippen LogP contribution in [0.5, 0.6) is 5.75 Å². The maximum absolute atomic E-state index is 5.59. The van der Waals surface area contributed by atoms with Crippen molar-refractivity contribution in [2.45, 2.75) is 34.1 Å². The molecule has 1 aromatic carbocycles. The molecule has 0 saturated heterocycles. The van der Waals surface area contributed by atoms with Crippen molar-refractivity contribution in [3.8, 4) is 5.75 Å². The van der Waals surface area contributed by atoms with Crippen LogP contribution in [0.1, 0.15) is 34.1 Å². The van der Waals surface area contributed by atoms with Crippen LogP contribution in [-0.4, -0.2) is 13.2 Å². The molecule has 0 radical (unpaired) electrons. The van der Waals surface area contributed by atoms with Gasteiger partial charge in [0.25, 0.3) is 0 Å². The Kier molecular flexibility index (Phi) is 4.66. The van der Waals surface area contributed by atoms with E-state index in [9.17, 15) is 0 Å². The normalized spacial score (nSPS) is 11.2. The summed E-state index contributed by atoms with van der Waals surface area (Å²) in [6, 6.07) is 8.15. The van der Waals surface area contributed by atoms with Crippen LogP contribution in [0.15, 0.2) is 24.3 Å². The number of hydrogen-bond acceptors (Lipinski definition) is 2. The Labute approximate surface area is 99.0 Å². The zero-order valence-electron chi connectivity index (χ0n) is 10.8. The summed E-state index contributed by atoms with van der Waals surface area (Å²) in [6.45, 7) is 10.5. The zero-order valence-corrected chi connectivity index (χ0v) is 10.8. The molecule has 0 atom stereocenters. The summed E-state index contributed by atoms with van der Waals surface area (Å²) in [5, 5.41) is 3.42. The molecule has 1 aromatic rings. The van der Waals surface area contributed by atoms with Gasteiger partial charge in [-0.2, -0.15) is 0 Å². The van der Waals surface area contributed by atoms with Crippen LogP contribution in [0.3, 0.4) is 0 Å². The lowest BCUT2D eigenvalue weighted by Gasteiger charge is -2.19. The Hall–Kier alpha value is -1.18. The van der Waals surface area contributed by atoms with Gasteiger partial charge in [-0.3, -0.25) is 0 Å². The second-order valence-corrected chi connectivity index (χ2v) is 5.29. The third-order valence-corrected chi connectivity index (χ3v) is 2.13. The topological polar surface area (TPSA) is 21.3 Å². The molecule has 90 valence electrons. The molecule has 0 unspecified atom stereocenters. The highest BCUT2D eigenvalue weighted by molar-refractivity contribution is 5.48. The van der Waals surface area contributed by atoms with Gasteiger partial charge < -0.3 is 10.1 Å². The Morgan fingerprint density at radius 3 is 2.62 bits per heavy atom. The van der Waals surface area contributed by atoms with Crippen LogP contribution >= 0.6 is 0 Å². The van der Waals surface area contributed by atoms with Gasteiger partial charge in [-0.05, 0) is 24.0 Å². The molecular formula is C14H23NO. The minimum Gasteiger partial charge on any atom is -0.494 e. The number of ether oxygens (including phenoxy) is 1. The predicted molar refractivity (Wildman–Crippen MR) is 70.2 cm³/mol. The lowest BCUT2D eigenvalue weighted by Crippen LogP contribution is -2.18. The van der Waals surface area contributed by atoms with Crippen LogP contribution < -0.4 is 10.1 Å². The standard InChI is InChI=1S/C14H23NO/c1-5-9-16-13-8-6-7-12(10-13)15-11-14(2,3)4/h6-8,10,15H,5,9,11H2,1-4H3. The van der Waals surface area contributed by atoms with E-state index in [2.05, 4.69) is 45.1 Å². The largest absolute Gasteiger partial charge is 0.494 e. The summed E-state index contributed by atoms with van der Waals surface area (Å²) in [5.41, 5.74) is 1.42. The summed E-state index contributed by atoms with van der Waals surface area (Å²) in [4.78, 5) is 0. The Morgan fingerprint density at radius 1 is 1.25 bits per heavy atom. The maximum atomic E-state index is 5.59. The first-order valence-electron chi connectivity index (χ1n) is 5.98. The Balaban J connectivity index is 2.53. The Bertz CT molecular complexity index is 315. The third kappa shape index (κ3) is 5.06. The summed E-state index contributed by atoms with van der Waals surface area (Å²) in [5.74, 6) is 0.945. The highest BCUT2D eigenvalue weighted by Crippen LogP contribution is 2.20. The van der Waals surface area contributed by atoms with Gasteiger partial charge in [0, 0.05) is 18.3 Å². The average molecular weight is 221 g/mol. The van der Waals surface area contributed by atoms with Crippen molar-refractivity contribution in [1.29, 1.82) is 0 Å². The van der Waals surface area contributed by atoms with E-state index in [0.717, 1.165) is 31.0 Å². The second-order valence-electron chi connectivity index (χ2n) is 5.29. The third-order valence-electron chi connectivity index (χ3n) is 2.13. The first-order chi connectivity index (χ1) is 7.51. The lowest BCUT2D eigenvalue weighted by molar-refractivity contribution is 0.317. The van der Waals surface area contributed by atoms with Crippen molar-refractivity contribution in [1.82, 2.24) is 0 Å². The number of anilines is 1. The average Bonchev–Trinajstić information content (AvgIpc) is 2.23. The minimum absolute atomic E-state index is 0.292. The molecule has 2 nitrogen and oxygen atoms in total. The molecule has 0 aliphatic rings. The number of nitrogens with one attached hydrogen (secondary N) is 1. The van der Waals surface area contributed by atoms with Gasteiger partial charge in [0.2, 0.25) is 0 Å². The SMILES string of the molecule is CCCOc1cccc(NCC(C)(C)C)c1. The van der Waals surface area contributed by atoms with E-state index in [0.29, 0.717) is 5.41 Å². The van der Waals surface area contributed by atoms with Crippen molar-refractivity contribution < 1.29 is 4.74 Å². The van der Waals surface area contributed by atoms with Gasteiger partial charge >= 0.3 is 0 Å². The molecule has 0 bridgehead atoms. The fourth-order valence-electron chi connectivity index (χ4n) is 1.28. The molecule has 0 fully saturated rings. The van der Waals surface area contributed by atoms with Gasteiger partial charge in [-0.15, -0.1) is 0 Å². The van der Waals surface area contributed by atoms with Gasteiger partial charge in [-0.25, -0.2) is 0 Å². The first-order valence-corrected chi connectivity index (χ1v) is 5.98. The summed E-state index contributed by atoms with van der Waals surface area (Å²) >= 11 is 0. The molecule has 0 saturated carbocycles. The monoisotopic (exact) mass is 221 g/mol. The molecule has 0 amide bonds. The molecule has 0 heterocycles. The van der Waals surface area contributed by atoms with Crippen LogP contribution in [0, 0.1) is 5.41 Å². The molecule has 2 heteroatoms. The molecule has 0 spiro atoms. The van der Waals surface area contributed by atoms with E-state index in [4.69, 9.17) is 4.74 Å². The van der Waals surface area contributed by atoms with Crippen molar-refractivity contribution >= 4 is 5.69 Å². The second kappa shape index (κ2) is 5.78. The van der Waals surface area contributed by atoms with Gasteiger partial charge in [0.1, 0.15) is 5.75 Å². The highest BCUT2D eigenvalue weighted by Gasteiger charge is 2.09. The summed E-state index contributed by atoms with van der Waals surface area (Å²) < 4.78 is 5.59. The van der Waals surface area contributed by atoms with Crippen LogP contribution in [-0.2, 0) is 0 Å². The first kappa shape index (κ1) is 12.9. The van der Waals surface area contributed by atoms with Crippen LogP contribution in [0.25, 0.3) is 0 Å². The molecule has 0 aliphatic carbocycles. The fourth-order valence-corrected chi connectivity index (χ4v) is 1.28. The van der Waals surface area contributed by atoms with Crippen LogP contribution in [0.4, 0.5) is 5.69 Å². The highest BCUT2D eigenvalue weighted by atomic mass is 16.5. The van der Waals surface area contributed by atoms with Crippen molar-refractivity contribution in [3.05, 3.63) is 24.3 Å². The summed E-state index contributed by atoms with van der Waals surface area (Å²) in [7, 11) is 0. The van der Waals surface area contributed by atoms with Gasteiger partial charge in [0.05, 0.1) is 6.61 Å². The summed E-state index contributed by atoms with van der Waals surface area (Å²) in [6.07, 6.45) is 1.04. The van der Waals surface area contributed by atoms with Crippen molar-refractivity contribution in [2.75, 3.05) is 18.5 Å². The maximum Gasteiger partial charge on any atom is 0.121 e. The molecule has 16 heavy (non-hydrogen) atoms. The number of benzene rings is 1. The van der Waals surface area contributed by atoms with Gasteiger partial charge in [0.15, 0.2) is 0 Å². The number of rotatable bonds is 5. The quantitative estimate of drug-likeness (QED) is 0.813. The van der Waals surface area contributed by atoms with E-state index >= 15 is 0 Å². The van der Waals surface area contributed by atoms with E-state index in [1.807, 2.05) is 12.1 Å². The molecule has 0 aromatic heterocycles. The van der Waals surface area contributed by atoms with Crippen LogP contribution in [0.2, 0.25) is 0 Å². The zero-order chi connectivity index (χ0) is 12.0. The smallest absolute Gasteiger partial charge is 0.121 e. The van der Waals surface area contributed by atoms with E-state index in [1.54, 1.807) is 0 Å². The van der Waals surface area contributed by atoms with E-state index in [1.165, 1.54) is 0 Å². The Morgan fingerprint density at radius 2 is 2.00 bits per heavy atom. The van der Waals surface area contributed by atoms with Crippen molar-refractivity contribution in [2.24, 2.45) is 5.41 Å². The number of hydrogen-bond donors (Lipinski definition) is 1. The molecule has 1 rings (SSSR count). The van der Waals surface area contributed by atoms with E-state index in [-0.39, 0.29) is 0 Å². The molecule has 0 aliphatic heterocycles. The minimum atomic E-state index is 0.292. The van der Waals surface area contributed by atoms with E-state index < -0.39 is 0 Å². The lowest BCUT2D eigenvalue weighted by atomic mass is 9.97. The fraction of sp³-hybridized carbons (Fsp3) is 0.571. The molecular weight excluding hydrogens is 198 g/mol. The predicted octanol–water partition coefficient (Wildman–Crippen LogP) is 3.93. The molecule has 1 N–H and O–H groups in total.